The van der Waals surface area contributed by atoms with Crippen molar-refractivity contribution in [3.05, 3.63) is 69.6 Å². The summed E-state index contributed by atoms with van der Waals surface area (Å²) in [5.41, 5.74) is -0.113. The van der Waals surface area contributed by atoms with E-state index < -0.39 is 23.7 Å². The second kappa shape index (κ2) is 9.08. The van der Waals surface area contributed by atoms with Crippen LogP contribution in [-0.2, 0) is 9.59 Å². The molecule has 0 aliphatic carbocycles. The number of barbiturate groups is 1. The van der Waals surface area contributed by atoms with Crippen LogP contribution in [0.5, 0.6) is 11.5 Å². The lowest BCUT2D eigenvalue weighted by atomic mass is 10.1. The van der Waals surface area contributed by atoms with Gasteiger partial charge in [-0.15, -0.1) is 0 Å². The number of hydrogen-bond donors (Lipinski definition) is 1. The van der Waals surface area contributed by atoms with Crippen LogP contribution in [0.2, 0.25) is 0 Å². The molecule has 0 saturated carbocycles. The third kappa shape index (κ3) is 4.20. The molecule has 0 unspecified atom stereocenters. The number of hydrogen-bond acceptors (Lipinski definition) is 5. The number of anilines is 1. The van der Waals surface area contributed by atoms with Gasteiger partial charge in [-0.25, -0.2) is 14.1 Å². The Morgan fingerprint density at radius 3 is 2.63 bits per heavy atom. The Hall–Kier alpha value is -3.21. The standard InChI is InChI=1S/C21H16FIN2O5/c1-3-8-30-18-15(23)10-12(11-17(18)29-2)9-13-19(26)24-21(28)25(20(13)27)16-7-5-4-6-14(16)22/h3-7,9-11H,1,8H2,2H3,(H,24,26,28)/b13-9-. The number of carbonyl (C=O) groups is 3. The van der Waals surface area contributed by atoms with Crippen LogP contribution in [0.1, 0.15) is 5.56 Å². The number of imide groups is 2. The molecule has 1 aliphatic heterocycles. The normalized spacial score (nSPS) is 15.2. The number of methoxy groups -OCH3 is 1. The number of ether oxygens (including phenoxy) is 2. The van der Waals surface area contributed by atoms with Crippen LogP contribution in [0.3, 0.4) is 0 Å². The molecule has 3 rings (SSSR count). The molecule has 2 aromatic rings. The Balaban J connectivity index is 2.03. The number of para-hydroxylation sites is 1. The summed E-state index contributed by atoms with van der Waals surface area (Å²) in [4.78, 5) is 38.0. The Labute approximate surface area is 185 Å². The maximum Gasteiger partial charge on any atom is 0.336 e. The summed E-state index contributed by atoms with van der Waals surface area (Å²) >= 11 is 2.03. The molecule has 0 bridgehead atoms. The number of amides is 4. The number of benzene rings is 2. The minimum Gasteiger partial charge on any atom is -0.493 e. The van der Waals surface area contributed by atoms with E-state index in [4.69, 9.17) is 9.47 Å². The van der Waals surface area contributed by atoms with Crippen molar-refractivity contribution >= 4 is 52.2 Å². The first-order valence-electron chi connectivity index (χ1n) is 8.64. The van der Waals surface area contributed by atoms with Crippen LogP contribution in [0.15, 0.2) is 54.6 Å². The molecule has 2 aromatic carbocycles. The van der Waals surface area contributed by atoms with Crippen molar-refractivity contribution in [2.24, 2.45) is 0 Å². The summed E-state index contributed by atoms with van der Waals surface area (Å²) < 4.78 is 25.7. The minimum absolute atomic E-state index is 0.251. The van der Waals surface area contributed by atoms with Gasteiger partial charge in [0.2, 0.25) is 0 Å². The van der Waals surface area contributed by atoms with E-state index >= 15 is 0 Å². The Kier molecular flexibility index (Phi) is 6.50. The highest BCUT2D eigenvalue weighted by molar-refractivity contribution is 14.1. The van der Waals surface area contributed by atoms with Crippen molar-refractivity contribution in [2.75, 3.05) is 18.6 Å². The molecule has 0 atom stereocenters. The highest BCUT2D eigenvalue weighted by Gasteiger charge is 2.38. The predicted octanol–water partition coefficient (Wildman–Crippen LogP) is 3.67. The molecule has 1 saturated heterocycles. The van der Waals surface area contributed by atoms with Gasteiger partial charge in [-0.2, -0.15) is 0 Å². The van der Waals surface area contributed by atoms with E-state index in [1.165, 1.54) is 31.4 Å². The van der Waals surface area contributed by atoms with Gasteiger partial charge in [0.05, 0.1) is 16.4 Å². The fourth-order valence-corrected chi connectivity index (χ4v) is 3.56. The molecule has 7 nitrogen and oxygen atoms in total. The second-order valence-electron chi connectivity index (χ2n) is 6.04. The summed E-state index contributed by atoms with van der Waals surface area (Å²) in [7, 11) is 1.46. The molecule has 0 spiro atoms. The molecule has 154 valence electrons. The van der Waals surface area contributed by atoms with Gasteiger partial charge in [-0.3, -0.25) is 14.9 Å². The maximum atomic E-state index is 14.2. The van der Waals surface area contributed by atoms with Gasteiger partial charge in [0.1, 0.15) is 18.0 Å². The van der Waals surface area contributed by atoms with E-state index in [-0.39, 0.29) is 17.9 Å². The van der Waals surface area contributed by atoms with Gasteiger partial charge in [0, 0.05) is 0 Å². The molecule has 4 amide bonds. The van der Waals surface area contributed by atoms with Crippen LogP contribution in [0, 0.1) is 9.39 Å². The summed E-state index contributed by atoms with van der Waals surface area (Å²) in [6.07, 6.45) is 2.89. The number of nitrogens with one attached hydrogen (secondary N) is 1. The van der Waals surface area contributed by atoms with Crippen molar-refractivity contribution in [3.8, 4) is 11.5 Å². The van der Waals surface area contributed by atoms with Crippen molar-refractivity contribution in [1.82, 2.24) is 5.32 Å². The molecule has 1 fully saturated rings. The average molecular weight is 522 g/mol. The third-order valence-corrected chi connectivity index (χ3v) is 4.90. The molecule has 1 heterocycles. The number of nitrogens with zero attached hydrogens (tertiary/aromatic N) is 1. The molecule has 30 heavy (non-hydrogen) atoms. The quantitative estimate of drug-likeness (QED) is 0.271. The van der Waals surface area contributed by atoms with Gasteiger partial charge < -0.3 is 9.47 Å². The number of urea groups is 1. The van der Waals surface area contributed by atoms with E-state index in [0.29, 0.717) is 25.5 Å². The minimum atomic E-state index is -1.02. The van der Waals surface area contributed by atoms with Crippen LogP contribution < -0.4 is 19.7 Å². The third-order valence-electron chi connectivity index (χ3n) is 4.10. The summed E-state index contributed by atoms with van der Waals surface area (Å²) in [5.74, 6) is -1.70. The lowest BCUT2D eigenvalue weighted by Gasteiger charge is -2.26. The van der Waals surface area contributed by atoms with Crippen molar-refractivity contribution in [3.63, 3.8) is 0 Å². The second-order valence-corrected chi connectivity index (χ2v) is 7.21. The van der Waals surface area contributed by atoms with Crippen molar-refractivity contribution in [1.29, 1.82) is 0 Å². The van der Waals surface area contributed by atoms with Crippen molar-refractivity contribution < 1.29 is 28.2 Å². The topological polar surface area (TPSA) is 84.9 Å². The SMILES string of the molecule is C=CCOc1c(I)cc(/C=C2/C(=O)NC(=O)N(c3ccccc3F)C2=O)cc1OC. The van der Waals surface area contributed by atoms with Crippen LogP contribution >= 0.6 is 22.6 Å². The van der Waals surface area contributed by atoms with Gasteiger partial charge in [-0.05, 0) is 58.5 Å². The average Bonchev–Trinajstić information content (AvgIpc) is 2.71. The summed E-state index contributed by atoms with van der Waals surface area (Å²) in [6.45, 7) is 3.87. The zero-order valence-corrected chi connectivity index (χ0v) is 17.9. The van der Waals surface area contributed by atoms with Gasteiger partial charge in [0.15, 0.2) is 11.5 Å². The van der Waals surface area contributed by atoms with Crippen LogP contribution in [0.4, 0.5) is 14.9 Å². The highest BCUT2D eigenvalue weighted by Crippen LogP contribution is 2.35. The fraction of sp³-hybridized carbons (Fsp3) is 0.0952. The van der Waals surface area contributed by atoms with Crippen LogP contribution in [0.25, 0.3) is 6.08 Å². The molecule has 1 aliphatic rings. The van der Waals surface area contributed by atoms with E-state index in [2.05, 4.69) is 11.9 Å². The lowest BCUT2D eigenvalue weighted by Crippen LogP contribution is -2.54. The summed E-state index contributed by atoms with van der Waals surface area (Å²) in [5, 5.41) is 2.06. The monoisotopic (exact) mass is 522 g/mol. The van der Waals surface area contributed by atoms with Gasteiger partial charge in [-0.1, -0.05) is 24.8 Å². The van der Waals surface area contributed by atoms with E-state index in [0.717, 1.165) is 6.07 Å². The first kappa shape index (κ1) is 21.5. The lowest BCUT2D eigenvalue weighted by molar-refractivity contribution is -0.122. The maximum absolute atomic E-state index is 14.2. The van der Waals surface area contributed by atoms with Gasteiger partial charge >= 0.3 is 6.03 Å². The number of rotatable bonds is 6. The Bertz CT molecular complexity index is 1080. The fourth-order valence-electron chi connectivity index (χ4n) is 2.78. The van der Waals surface area contributed by atoms with E-state index in [1.807, 2.05) is 22.6 Å². The highest BCUT2D eigenvalue weighted by atomic mass is 127. The number of carbonyl (C=O) groups excluding carboxylic acids is 3. The van der Waals surface area contributed by atoms with Crippen LogP contribution in [-0.4, -0.2) is 31.6 Å². The first-order valence-corrected chi connectivity index (χ1v) is 9.72. The van der Waals surface area contributed by atoms with Gasteiger partial charge in [0.25, 0.3) is 11.8 Å². The Morgan fingerprint density at radius 2 is 1.97 bits per heavy atom. The van der Waals surface area contributed by atoms with Crippen molar-refractivity contribution in [2.45, 2.75) is 0 Å². The Morgan fingerprint density at radius 1 is 1.23 bits per heavy atom. The molecule has 1 N–H and O–H groups in total. The zero-order chi connectivity index (χ0) is 21.8. The molecule has 0 aromatic heterocycles. The largest absolute Gasteiger partial charge is 0.493 e. The molecule has 9 heteroatoms. The first-order chi connectivity index (χ1) is 14.4. The zero-order valence-electron chi connectivity index (χ0n) is 15.8. The molecular formula is C21H16FIN2O5. The predicted molar refractivity (Wildman–Crippen MR) is 117 cm³/mol. The van der Waals surface area contributed by atoms with E-state index in [9.17, 15) is 18.8 Å². The smallest absolute Gasteiger partial charge is 0.336 e. The molecular weight excluding hydrogens is 506 g/mol. The summed E-state index contributed by atoms with van der Waals surface area (Å²) in [6, 6.07) is 7.54. The van der Waals surface area contributed by atoms with E-state index in [1.54, 1.807) is 18.2 Å². The number of halogens is 2. The molecule has 0 radical (unpaired) electrons.